The number of aromatic amines is 1. The molecule has 96 valence electrons. The Labute approximate surface area is 105 Å². The SMILES string of the molecule is NCc1cccc(CS(=O)(=O)Nc2cn[nH]c2)c1. The highest BCUT2D eigenvalue weighted by atomic mass is 32.2. The maximum atomic E-state index is 11.9. The van der Waals surface area contributed by atoms with Crippen molar-refractivity contribution in [2.24, 2.45) is 5.73 Å². The van der Waals surface area contributed by atoms with Gasteiger partial charge in [-0.1, -0.05) is 24.3 Å². The van der Waals surface area contributed by atoms with E-state index in [1.165, 1.54) is 12.4 Å². The number of H-pyrrole nitrogens is 1. The Bertz CT molecular complexity index is 608. The summed E-state index contributed by atoms with van der Waals surface area (Å²) in [5.41, 5.74) is 7.55. The largest absolute Gasteiger partial charge is 0.326 e. The maximum absolute atomic E-state index is 11.9. The Hall–Kier alpha value is -1.86. The van der Waals surface area contributed by atoms with Crippen molar-refractivity contribution in [3.63, 3.8) is 0 Å². The van der Waals surface area contributed by atoms with Gasteiger partial charge >= 0.3 is 0 Å². The molecule has 0 saturated heterocycles. The molecule has 0 spiro atoms. The minimum Gasteiger partial charge on any atom is -0.326 e. The van der Waals surface area contributed by atoms with Gasteiger partial charge in [-0.2, -0.15) is 5.10 Å². The highest BCUT2D eigenvalue weighted by Gasteiger charge is 2.12. The summed E-state index contributed by atoms with van der Waals surface area (Å²) < 4.78 is 26.2. The number of benzene rings is 1. The van der Waals surface area contributed by atoms with Gasteiger partial charge in [-0.25, -0.2) is 8.42 Å². The number of nitrogens with one attached hydrogen (secondary N) is 2. The highest BCUT2D eigenvalue weighted by Crippen LogP contribution is 2.12. The van der Waals surface area contributed by atoms with Crippen LogP contribution >= 0.6 is 0 Å². The number of hydrogen-bond donors (Lipinski definition) is 3. The molecular formula is C11H14N4O2S. The second kappa shape index (κ2) is 5.19. The lowest BCUT2D eigenvalue weighted by Gasteiger charge is -2.06. The summed E-state index contributed by atoms with van der Waals surface area (Å²) in [6.45, 7) is 0.392. The summed E-state index contributed by atoms with van der Waals surface area (Å²) in [7, 11) is -3.43. The number of rotatable bonds is 5. The smallest absolute Gasteiger partial charge is 0.237 e. The number of nitrogens with zero attached hydrogens (tertiary/aromatic N) is 1. The zero-order valence-corrected chi connectivity index (χ0v) is 10.4. The second-order valence-corrected chi connectivity index (χ2v) is 5.59. The van der Waals surface area contributed by atoms with E-state index in [0.717, 1.165) is 5.56 Å². The van der Waals surface area contributed by atoms with Crippen LogP contribution in [0.3, 0.4) is 0 Å². The Morgan fingerprint density at radius 2 is 2.11 bits per heavy atom. The minimum absolute atomic E-state index is 0.0913. The average Bonchev–Trinajstić information content (AvgIpc) is 2.80. The van der Waals surface area contributed by atoms with Crippen molar-refractivity contribution < 1.29 is 8.42 Å². The Morgan fingerprint density at radius 3 is 2.78 bits per heavy atom. The van der Waals surface area contributed by atoms with Crippen molar-refractivity contribution in [1.82, 2.24) is 10.2 Å². The van der Waals surface area contributed by atoms with E-state index in [-0.39, 0.29) is 5.75 Å². The van der Waals surface area contributed by atoms with Crippen LogP contribution in [0.5, 0.6) is 0 Å². The molecule has 0 fully saturated rings. The standard InChI is InChI=1S/C11H14N4O2S/c12-5-9-2-1-3-10(4-9)8-18(16,17)15-11-6-13-14-7-11/h1-4,6-7,15H,5,8,12H2,(H,13,14). The second-order valence-electron chi connectivity index (χ2n) is 3.87. The lowest BCUT2D eigenvalue weighted by Crippen LogP contribution is -2.14. The van der Waals surface area contributed by atoms with Gasteiger partial charge in [0.15, 0.2) is 0 Å². The molecule has 7 heteroatoms. The van der Waals surface area contributed by atoms with Crippen molar-refractivity contribution in [2.45, 2.75) is 12.3 Å². The van der Waals surface area contributed by atoms with Crippen LogP contribution in [0.2, 0.25) is 0 Å². The van der Waals surface area contributed by atoms with Gasteiger partial charge in [0, 0.05) is 12.7 Å². The maximum Gasteiger partial charge on any atom is 0.237 e. The molecule has 0 saturated carbocycles. The molecule has 1 heterocycles. The Balaban J connectivity index is 2.12. The van der Waals surface area contributed by atoms with Crippen molar-refractivity contribution in [3.8, 4) is 0 Å². The van der Waals surface area contributed by atoms with E-state index in [0.29, 0.717) is 17.8 Å². The van der Waals surface area contributed by atoms with Gasteiger partial charge in [-0.15, -0.1) is 0 Å². The van der Waals surface area contributed by atoms with Crippen molar-refractivity contribution in [2.75, 3.05) is 4.72 Å². The minimum atomic E-state index is -3.43. The molecule has 18 heavy (non-hydrogen) atoms. The lowest BCUT2D eigenvalue weighted by molar-refractivity contribution is 0.600. The van der Waals surface area contributed by atoms with Crippen LogP contribution in [-0.4, -0.2) is 18.6 Å². The predicted molar refractivity (Wildman–Crippen MR) is 69.2 cm³/mol. The third-order valence-electron chi connectivity index (χ3n) is 2.36. The average molecular weight is 266 g/mol. The van der Waals surface area contributed by atoms with Crippen LogP contribution in [0.25, 0.3) is 0 Å². The third kappa shape index (κ3) is 3.31. The van der Waals surface area contributed by atoms with Crippen molar-refractivity contribution >= 4 is 15.7 Å². The lowest BCUT2D eigenvalue weighted by atomic mass is 10.1. The van der Waals surface area contributed by atoms with E-state index in [1.54, 1.807) is 18.2 Å². The molecule has 2 rings (SSSR count). The van der Waals surface area contributed by atoms with Crippen LogP contribution in [-0.2, 0) is 22.3 Å². The van der Waals surface area contributed by atoms with Crippen molar-refractivity contribution in [1.29, 1.82) is 0 Å². The summed E-state index contributed by atoms with van der Waals surface area (Å²) in [4.78, 5) is 0. The molecule has 0 aliphatic heterocycles. The summed E-state index contributed by atoms with van der Waals surface area (Å²) in [5, 5.41) is 6.21. The van der Waals surface area contributed by atoms with Gasteiger partial charge in [0.25, 0.3) is 0 Å². The number of anilines is 1. The molecular weight excluding hydrogens is 252 g/mol. The normalized spacial score (nSPS) is 11.4. The van der Waals surface area contributed by atoms with E-state index < -0.39 is 10.0 Å². The third-order valence-corrected chi connectivity index (χ3v) is 3.62. The van der Waals surface area contributed by atoms with E-state index in [9.17, 15) is 8.42 Å². The number of nitrogens with two attached hydrogens (primary N) is 1. The first-order chi connectivity index (χ1) is 8.59. The van der Waals surface area contributed by atoms with Gasteiger partial charge in [-0.05, 0) is 11.1 Å². The molecule has 1 aromatic carbocycles. The zero-order chi connectivity index (χ0) is 13.0. The van der Waals surface area contributed by atoms with Crippen LogP contribution in [0.15, 0.2) is 36.7 Å². The molecule has 0 amide bonds. The summed E-state index contributed by atoms with van der Waals surface area (Å²) in [5.74, 6) is -0.0913. The van der Waals surface area contributed by atoms with E-state index in [4.69, 9.17) is 5.73 Å². The molecule has 0 atom stereocenters. The van der Waals surface area contributed by atoms with Crippen LogP contribution in [0.4, 0.5) is 5.69 Å². The van der Waals surface area contributed by atoms with Crippen LogP contribution < -0.4 is 10.5 Å². The topological polar surface area (TPSA) is 101 Å². The molecule has 0 bridgehead atoms. The summed E-state index contributed by atoms with van der Waals surface area (Å²) in [6.07, 6.45) is 2.89. The first-order valence-corrected chi connectivity index (χ1v) is 7.01. The van der Waals surface area contributed by atoms with Gasteiger partial charge in [0.2, 0.25) is 10.0 Å². The monoisotopic (exact) mass is 266 g/mol. The van der Waals surface area contributed by atoms with Gasteiger partial charge in [0.1, 0.15) is 0 Å². The van der Waals surface area contributed by atoms with Crippen molar-refractivity contribution in [3.05, 3.63) is 47.8 Å². The molecule has 6 nitrogen and oxygen atoms in total. The molecule has 4 N–H and O–H groups in total. The van der Waals surface area contributed by atoms with Gasteiger partial charge in [-0.3, -0.25) is 9.82 Å². The van der Waals surface area contributed by atoms with Gasteiger partial charge < -0.3 is 5.73 Å². The number of sulfonamides is 1. The van der Waals surface area contributed by atoms with Gasteiger partial charge in [0.05, 0.1) is 17.6 Å². The van der Waals surface area contributed by atoms with E-state index >= 15 is 0 Å². The predicted octanol–water partition coefficient (Wildman–Crippen LogP) is 0.810. The molecule has 1 aromatic heterocycles. The van der Waals surface area contributed by atoms with Crippen LogP contribution in [0, 0.1) is 0 Å². The molecule has 0 unspecified atom stereocenters. The quantitative estimate of drug-likeness (QED) is 0.745. The summed E-state index contributed by atoms with van der Waals surface area (Å²) >= 11 is 0. The fraction of sp³-hybridized carbons (Fsp3) is 0.182. The zero-order valence-electron chi connectivity index (χ0n) is 9.63. The molecule has 0 radical (unpaired) electrons. The van der Waals surface area contributed by atoms with E-state index in [2.05, 4.69) is 14.9 Å². The fourth-order valence-electron chi connectivity index (χ4n) is 1.59. The van der Waals surface area contributed by atoms with E-state index in [1.807, 2.05) is 6.07 Å². The number of hydrogen-bond acceptors (Lipinski definition) is 4. The Morgan fingerprint density at radius 1 is 1.33 bits per heavy atom. The molecule has 2 aromatic rings. The summed E-state index contributed by atoms with van der Waals surface area (Å²) in [6, 6.07) is 7.20. The number of aromatic nitrogens is 2. The highest BCUT2D eigenvalue weighted by molar-refractivity contribution is 7.91. The first kappa shape index (κ1) is 12.6. The first-order valence-electron chi connectivity index (χ1n) is 5.36. The fourth-order valence-corrected chi connectivity index (χ4v) is 2.75. The molecule has 0 aliphatic rings. The molecule has 0 aliphatic carbocycles. The van der Waals surface area contributed by atoms with Crippen LogP contribution in [0.1, 0.15) is 11.1 Å². The Kier molecular flexibility index (Phi) is 3.63.